The number of hydrogen-bond donors (Lipinski definition) is 3. The lowest BCUT2D eigenvalue weighted by Crippen LogP contribution is -2.52. The van der Waals surface area contributed by atoms with Crippen molar-refractivity contribution in [1.29, 1.82) is 0 Å². The van der Waals surface area contributed by atoms with E-state index in [0.717, 1.165) is 6.42 Å². The Bertz CT molecular complexity index is 1160. The molecule has 0 spiro atoms. The third kappa shape index (κ3) is 8.28. The van der Waals surface area contributed by atoms with E-state index in [9.17, 15) is 13.2 Å². The van der Waals surface area contributed by atoms with Gasteiger partial charge in [0.15, 0.2) is 15.4 Å². The maximum absolute atomic E-state index is 13.3. The Morgan fingerprint density at radius 3 is 2.49 bits per heavy atom. The van der Waals surface area contributed by atoms with Crippen molar-refractivity contribution < 1.29 is 27.8 Å². The fourth-order valence-electron chi connectivity index (χ4n) is 3.65. The Morgan fingerprint density at radius 2 is 1.84 bits per heavy atom. The van der Waals surface area contributed by atoms with E-state index in [1.807, 2.05) is 0 Å². The average Bonchev–Trinajstić information content (AvgIpc) is 3.32. The minimum Gasteiger partial charge on any atom is -0.494 e. The number of aliphatic hydroxyl groups is 1. The van der Waals surface area contributed by atoms with Crippen LogP contribution in [0.2, 0.25) is 0 Å². The summed E-state index contributed by atoms with van der Waals surface area (Å²) in [5.74, 6) is 0.203. The van der Waals surface area contributed by atoms with Crippen LogP contribution < -0.4 is 15.6 Å². The fraction of sp³-hybridized carbons (Fsp3) is 0.481. The second-order valence-electron chi connectivity index (χ2n) is 10.3. The zero-order valence-electron chi connectivity index (χ0n) is 21.7. The molecule has 1 heterocycles. The van der Waals surface area contributed by atoms with E-state index in [0.29, 0.717) is 30.9 Å². The highest BCUT2D eigenvalue weighted by molar-refractivity contribution is 7.91. The Labute approximate surface area is 219 Å². The number of carbonyl (C=O) groups is 1. The molecule has 0 aromatic heterocycles. The van der Waals surface area contributed by atoms with Gasteiger partial charge in [-0.15, -0.1) is 0 Å². The van der Waals surface area contributed by atoms with Crippen molar-refractivity contribution in [2.45, 2.75) is 50.5 Å². The van der Waals surface area contributed by atoms with Gasteiger partial charge in [-0.1, -0.05) is 39.0 Å². The summed E-state index contributed by atoms with van der Waals surface area (Å²) in [5, 5.41) is 8.90. The van der Waals surface area contributed by atoms with Gasteiger partial charge in [-0.3, -0.25) is 10.2 Å². The second-order valence-corrected chi connectivity index (χ2v) is 12.4. The number of hydrogen-bond acceptors (Lipinski definition) is 8. The molecule has 10 heteroatoms. The quantitative estimate of drug-likeness (QED) is 0.268. The Balaban J connectivity index is 1.78. The van der Waals surface area contributed by atoms with Crippen molar-refractivity contribution in [3.63, 3.8) is 0 Å². The number of hydrazine groups is 1. The number of ether oxygens (including phenoxy) is 2. The van der Waals surface area contributed by atoms with Gasteiger partial charge < -0.3 is 14.6 Å². The van der Waals surface area contributed by atoms with E-state index < -0.39 is 21.3 Å². The summed E-state index contributed by atoms with van der Waals surface area (Å²) in [6, 6.07) is 15.2. The fourth-order valence-corrected chi connectivity index (χ4v) is 5.06. The van der Waals surface area contributed by atoms with Crippen LogP contribution in [0.25, 0.3) is 0 Å². The largest absolute Gasteiger partial charge is 0.494 e. The smallest absolute Gasteiger partial charge is 0.265 e. The molecule has 0 bridgehead atoms. The molecule has 3 rings (SSSR count). The highest BCUT2D eigenvalue weighted by Gasteiger charge is 2.45. The van der Waals surface area contributed by atoms with Crippen molar-refractivity contribution in [2.24, 2.45) is 10.4 Å². The molecule has 1 aliphatic rings. The number of sulfone groups is 1. The standard InChI is InChI=1S/C27H37N3O6S/c1-26(2,3)14-16-28-30-25(32)27(15-19-37(33,34)23-8-5-4-6-9-23)20-36-24(29-27)21-10-12-22(13-11-21)35-18-7-17-31/h4-6,8-13,28,31H,7,14-20H2,1-3H3,(H,30,32)/t27-/m0/s1. The molecule has 202 valence electrons. The molecular formula is C27H37N3O6S. The summed E-state index contributed by atoms with van der Waals surface area (Å²) in [5.41, 5.74) is 5.00. The number of amides is 1. The first-order valence-electron chi connectivity index (χ1n) is 12.4. The molecule has 0 aliphatic carbocycles. The maximum atomic E-state index is 13.3. The Morgan fingerprint density at radius 1 is 1.14 bits per heavy atom. The summed E-state index contributed by atoms with van der Waals surface area (Å²) < 4.78 is 37.3. The van der Waals surface area contributed by atoms with Crippen LogP contribution in [0.5, 0.6) is 5.75 Å². The van der Waals surface area contributed by atoms with Gasteiger partial charge in [-0.2, -0.15) is 0 Å². The molecule has 0 saturated heterocycles. The van der Waals surface area contributed by atoms with E-state index in [1.54, 1.807) is 54.6 Å². The molecule has 37 heavy (non-hydrogen) atoms. The first-order valence-corrected chi connectivity index (χ1v) is 14.1. The number of aliphatic hydroxyl groups excluding tert-OH is 1. The van der Waals surface area contributed by atoms with E-state index in [4.69, 9.17) is 14.6 Å². The molecule has 0 fully saturated rings. The molecule has 1 aliphatic heterocycles. The van der Waals surface area contributed by atoms with Crippen LogP contribution in [0.15, 0.2) is 64.5 Å². The van der Waals surface area contributed by atoms with Crippen molar-refractivity contribution in [3.05, 3.63) is 60.2 Å². The number of carbonyl (C=O) groups excluding carboxylic acids is 1. The Kier molecular flexibility index (Phi) is 9.69. The normalized spacial score (nSPS) is 17.7. The van der Waals surface area contributed by atoms with Crippen LogP contribution in [0.1, 0.15) is 45.6 Å². The van der Waals surface area contributed by atoms with E-state index in [1.165, 1.54) is 0 Å². The number of benzene rings is 2. The highest BCUT2D eigenvalue weighted by atomic mass is 32.2. The summed E-state index contributed by atoms with van der Waals surface area (Å²) in [6.07, 6.45) is 1.33. The van der Waals surface area contributed by atoms with Gasteiger partial charge in [-0.05, 0) is 54.7 Å². The van der Waals surface area contributed by atoms with Gasteiger partial charge in [0.05, 0.1) is 17.3 Å². The van der Waals surface area contributed by atoms with Gasteiger partial charge in [0.25, 0.3) is 5.91 Å². The first kappa shape index (κ1) is 28.6. The van der Waals surface area contributed by atoms with Gasteiger partial charge in [-0.25, -0.2) is 18.8 Å². The summed E-state index contributed by atoms with van der Waals surface area (Å²) in [4.78, 5) is 18.2. The van der Waals surface area contributed by atoms with Crippen LogP contribution >= 0.6 is 0 Å². The molecule has 2 aromatic carbocycles. The van der Waals surface area contributed by atoms with Crippen LogP contribution in [-0.4, -0.2) is 63.0 Å². The summed E-state index contributed by atoms with van der Waals surface area (Å²) >= 11 is 0. The molecule has 0 radical (unpaired) electrons. The second kappa shape index (κ2) is 12.5. The molecular weight excluding hydrogens is 494 g/mol. The molecule has 2 aromatic rings. The maximum Gasteiger partial charge on any atom is 0.265 e. The van der Waals surface area contributed by atoms with Gasteiger partial charge >= 0.3 is 0 Å². The first-order chi connectivity index (χ1) is 17.5. The number of rotatable bonds is 13. The lowest BCUT2D eigenvalue weighted by molar-refractivity contribution is -0.127. The lowest BCUT2D eigenvalue weighted by atomic mass is 9.92. The molecule has 3 N–H and O–H groups in total. The minimum atomic E-state index is -3.62. The third-order valence-electron chi connectivity index (χ3n) is 5.95. The van der Waals surface area contributed by atoms with Crippen molar-refractivity contribution in [2.75, 3.05) is 32.1 Å². The minimum absolute atomic E-state index is 0.0388. The van der Waals surface area contributed by atoms with Crippen molar-refractivity contribution in [3.8, 4) is 5.75 Å². The SMILES string of the molecule is CC(C)(C)CCNNC(=O)[C@]1(CCS(=O)(=O)c2ccccc2)COC(c2ccc(OCCCO)cc2)=N1. The monoisotopic (exact) mass is 531 g/mol. The zero-order valence-corrected chi connectivity index (χ0v) is 22.5. The third-order valence-corrected chi connectivity index (χ3v) is 7.68. The summed E-state index contributed by atoms with van der Waals surface area (Å²) in [7, 11) is -3.62. The number of nitrogens with zero attached hydrogens (tertiary/aromatic N) is 1. The molecule has 0 unspecified atom stereocenters. The molecule has 9 nitrogen and oxygen atoms in total. The van der Waals surface area contributed by atoms with Gasteiger partial charge in [0.2, 0.25) is 5.90 Å². The highest BCUT2D eigenvalue weighted by Crippen LogP contribution is 2.28. The molecule has 1 amide bonds. The Hall–Kier alpha value is -2.95. The van der Waals surface area contributed by atoms with Crippen molar-refractivity contribution in [1.82, 2.24) is 10.9 Å². The van der Waals surface area contributed by atoms with Crippen LogP contribution in [0, 0.1) is 5.41 Å². The van der Waals surface area contributed by atoms with E-state index in [-0.39, 0.29) is 41.6 Å². The van der Waals surface area contributed by atoms with E-state index in [2.05, 4.69) is 36.6 Å². The van der Waals surface area contributed by atoms with Crippen LogP contribution in [0.3, 0.4) is 0 Å². The topological polar surface area (TPSA) is 126 Å². The average molecular weight is 532 g/mol. The van der Waals surface area contributed by atoms with E-state index >= 15 is 0 Å². The zero-order chi connectivity index (χ0) is 26.9. The predicted molar refractivity (Wildman–Crippen MR) is 142 cm³/mol. The summed E-state index contributed by atoms with van der Waals surface area (Å²) in [6.45, 7) is 7.26. The number of aliphatic imine (C=N–C) groups is 1. The predicted octanol–water partition coefficient (Wildman–Crippen LogP) is 2.88. The van der Waals surface area contributed by atoms with Crippen molar-refractivity contribution >= 4 is 21.6 Å². The van der Waals surface area contributed by atoms with Gasteiger partial charge in [0.1, 0.15) is 12.4 Å². The van der Waals surface area contributed by atoms with Crippen LogP contribution in [-0.2, 0) is 19.4 Å². The molecule has 0 saturated carbocycles. The van der Waals surface area contributed by atoms with Gasteiger partial charge in [0, 0.05) is 25.1 Å². The van der Waals surface area contributed by atoms with Crippen LogP contribution in [0.4, 0.5) is 0 Å². The lowest BCUT2D eigenvalue weighted by Gasteiger charge is -2.24. The number of nitrogens with one attached hydrogen (secondary N) is 2. The molecule has 1 atom stereocenters.